The van der Waals surface area contributed by atoms with E-state index >= 15 is 0 Å². The first-order valence-corrected chi connectivity index (χ1v) is 3.98. The first-order valence-electron chi connectivity index (χ1n) is 3.98. The highest BCUT2D eigenvalue weighted by molar-refractivity contribution is 6.33. The summed E-state index contributed by atoms with van der Waals surface area (Å²) in [4.78, 5) is 31.4. The quantitative estimate of drug-likeness (QED) is 0.593. The molecule has 0 fully saturated rings. The van der Waals surface area contributed by atoms with Gasteiger partial charge in [-0.2, -0.15) is 0 Å². The van der Waals surface area contributed by atoms with Crippen LogP contribution in [0.3, 0.4) is 0 Å². The fourth-order valence-corrected chi connectivity index (χ4v) is 1.06. The Morgan fingerprint density at radius 3 is 2.08 bits per heavy atom. The van der Waals surface area contributed by atoms with Crippen molar-refractivity contribution in [2.45, 2.75) is 26.2 Å². The molecular formula is C8H12O5. The summed E-state index contributed by atoms with van der Waals surface area (Å²) in [5.74, 6) is -4.60. The van der Waals surface area contributed by atoms with Gasteiger partial charge in [0.1, 0.15) is 0 Å². The van der Waals surface area contributed by atoms with Crippen LogP contribution >= 0.6 is 0 Å². The van der Waals surface area contributed by atoms with Gasteiger partial charge in [0.2, 0.25) is 5.78 Å². The van der Waals surface area contributed by atoms with Crippen LogP contribution in [0.5, 0.6) is 0 Å². The van der Waals surface area contributed by atoms with Crippen LogP contribution in [0.2, 0.25) is 0 Å². The number of carboxylic acids is 2. The van der Waals surface area contributed by atoms with Gasteiger partial charge in [0, 0.05) is 5.92 Å². The van der Waals surface area contributed by atoms with Gasteiger partial charge in [-0.3, -0.25) is 9.59 Å². The largest absolute Gasteiger partial charge is 0.481 e. The lowest BCUT2D eigenvalue weighted by Crippen LogP contribution is -2.25. The lowest BCUT2D eigenvalue weighted by Gasteiger charge is -2.08. The summed E-state index contributed by atoms with van der Waals surface area (Å²) >= 11 is 0. The van der Waals surface area contributed by atoms with E-state index in [1.165, 1.54) is 0 Å². The molecular weight excluding hydrogens is 176 g/mol. The fourth-order valence-electron chi connectivity index (χ4n) is 1.06. The minimum Gasteiger partial charge on any atom is -0.481 e. The van der Waals surface area contributed by atoms with Crippen molar-refractivity contribution >= 4 is 17.7 Å². The summed E-state index contributed by atoms with van der Waals surface area (Å²) in [5, 5.41) is 16.7. The smallest absolute Gasteiger partial charge is 0.372 e. The zero-order valence-electron chi connectivity index (χ0n) is 7.32. The molecule has 0 aromatic heterocycles. The molecule has 74 valence electrons. The van der Waals surface area contributed by atoms with E-state index in [-0.39, 0.29) is 0 Å². The SMILES string of the molecule is CCC[C@@H](CC(=O)O)C(=O)C(=O)O. The molecule has 0 amide bonds. The molecule has 0 heterocycles. The Morgan fingerprint density at radius 2 is 1.77 bits per heavy atom. The van der Waals surface area contributed by atoms with Crippen molar-refractivity contribution in [2.75, 3.05) is 0 Å². The Bertz CT molecular complexity index is 221. The van der Waals surface area contributed by atoms with Crippen LogP contribution in [-0.2, 0) is 14.4 Å². The Balaban J connectivity index is 4.31. The second-order valence-corrected chi connectivity index (χ2v) is 2.75. The first-order chi connectivity index (χ1) is 5.99. The van der Waals surface area contributed by atoms with Gasteiger partial charge >= 0.3 is 11.9 Å². The maximum Gasteiger partial charge on any atom is 0.372 e. The molecule has 2 N–H and O–H groups in total. The molecule has 0 aliphatic carbocycles. The van der Waals surface area contributed by atoms with Crippen molar-refractivity contribution in [2.24, 2.45) is 5.92 Å². The Kier molecular flexibility index (Phi) is 4.72. The molecule has 0 radical (unpaired) electrons. The Hall–Kier alpha value is -1.39. The number of ketones is 1. The fraction of sp³-hybridized carbons (Fsp3) is 0.625. The van der Waals surface area contributed by atoms with Gasteiger partial charge in [0.25, 0.3) is 0 Å². The molecule has 0 rings (SSSR count). The number of hydrogen-bond acceptors (Lipinski definition) is 3. The highest BCUT2D eigenvalue weighted by atomic mass is 16.4. The molecule has 0 saturated heterocycles. The van der Waals surface area contributed by atoms with Crippen molar-refractivity contribution in [3.05, 3.63) is 0 Å². The number of carboxylic acid groups (broad SMARTS) is 2. The van der Waals surface area contributed by atoms with Gasteiger partial charge in [-0.1, -0.05) is 13.3 Å². The zero-order valence-corrected chi connectivity index (χ0v) is 7.32. The monoisotopic (exact) mass is 188 g/mol. The lowest BCUT2D eigenvalue weighted by molar-refractivity contribution is -0.152. The van der Waals surface area contributed by atoms with Gasteiger partial charge < -0.3 is 10.2 Å². The molecule has 0 unspecified atom stereocenters. The maximum atomic E-state index is 10.9. The highest BCUT2D eigenvalue weighted by Gasteiger charge is 2.25. The van der Waals surface area contributed by atoms with E-state index in [0.717, 1.165) is 0 Å². The van der Waals surface area contributed by atoms with Gasteiger partial charge in [-0.25, -0.2) is 4.79 Å². The summed E-state index contributed by atoms with van der Waals surface area (Å²) in [7, 11) is 0. The molecule has 0 aromatic rings. The molecule has 13 heavy (non-hydrogen) atoms. The molecule has 0 aliphatic rings. The average Bonchev–Trinajstić information content (AvgIpc) is 2.01. The van der Waals surface area contributed by atoms with E-state index in [0.29, 0.717) is 12.8 Å². The van der Waals surface area contributed by atoms with E-state index in [2.05, 4.69) is 0 Å². The third-order valence-corrected chi connectivity index (χ3v) is 1.64. The van der Waals surface area contributed by atoms with Crippen molar-refractivity contribution < 1.29 is 24.6 Å². The third kappa shape index (κ3) is 4.25. The molecule has 0 aromatic carbocycles. The van der Waals surface area contributed by atoms with E-state index in [9.17, 15) is 14.4 Å². The van der Waals surface area contributed by atoms with Gasteiger partial charge in [-0.05, 0) is 6.42 Å². The van der Waals surface area contributed by atoms with Crippen molar-refractivity contribution in [3.8, 4) is 0 Å². The highest BCUT2D eigenvalue weighted by Crippen LogP contribution is 2.12. The second-order valence-electron chi connectivity index (χ2n) is 2.75. The van der Waals surface area contributed by atoms with E-state index in [1.807, 2.05) is 0 Å². The van der Waals surface area contributed by atoms with E-state index in [4.69, 9.17) is 10.2 Å². The Labute approximate surface area is 75.4 Å². The summed E-state index contributed by atoms with van der Waals surface area (Å²) in [6.45, 7) is 1.77. The molecule has 0 spiro atoms. The lowest BCUT2D eigenvalue weighted by atomic mass is 9.95. The van der Waals surface area contributed by atoms with Crippen LogP contribution in [-0.4, -0.2) is 27.9 Å². The number of Topliss-reactive ketones (excluding diaryl/α,β-unsaturated/α-hetero) is 1. The topological polar surface area (TPSA) is 91.7 Å². The second kappa shape index (κ2) is 5.29. The van der Waals surface area contributed by atoms with Gasteiger partial charge in [-0.15, -0.1) is 0 Å². The normalized spacial score (nSPS) is 12.1. The standard InChI is InChI=1S/C8H12O5/c1-2-3-5(4-6(9)10)7(11)8(12)13/h5H,2-4H2,1H3,(H,9,10)(H,12,13)/t5-/m0/s1. The minimum absolute atomic E-state index is 0.303. The van der Waals surface area contributed by atoms with Crippen LogP contribution in [0.4, 0.5) is 0 Å². The number of carbonyl (C=O) groups excluding carboxylic acids is 1. The van der Waals surface area contributed by atoms with E-state index in [1.54, 1.807) is 6.92 Å². The predicted octanol–water partition coefficient (Wildman–Crippen LogP) is 0.531. The summed E-state index contributed by atoms with van der Waals surface area (Å²) < 4.78 is 0. The van der Waals surface area contributed by atoms with Crippen LogP contribution in [0.1, 0.15) is 26.2 Å². The molecule has 0 bridgehead atoms. The van der Waals surface area contributed by atoms with Crippen molar-refractivity contribution in [1.29, 1.82) is 0 Å². The summed E-state index contributed by atoms with van der Waals surface area (Å²) in [6, 6.07) is 0. The van der Waals surface area contributed by atoms with Crippen LogP contribution in [0, 0.1) is 5.92 Å². The molecule has 5 heteroatoms. The molecule has 0 saturated carbocycles. The predicted molar refractivity (Wildman–Crippen MR) is 43.3 cm³/mol. The summed E-state index contributed by atoms with van der Waals surface area (Å²) in [5.41, 5.74) is 0. The van der Waals surface area contributed by atoms with Crippen LogP contribution in [0.15, 0.2) is 0 Å². The van der Waals surface area contributed by atoms with Crippen molar-refractivity contribution in [3.63, 3.8) is 0 Å². The zero-order chi connectivity index (χ0) is 10.4. The average molecular weight is 188 g/mol. The minimum atomic E-state index is -1.56. The van der Waals surface area contributed by atoms with Crippen LogP contribution in [0.25, 0.3) is 0 Å². The first kappa shape index (κ1) is 11.6. The Morgan fingerprint density at radius 1 is 1.23 bits per heavy atom. The number of rotatable bonds is 6. The summed E-state index contributed by atoms with van der Waals surface area (Å²) in [6.07, 6.45) is 0.493. The maximum absolute atomic E-state index is 10.9. The van der Waals surface area contributed by atoms with Gasteiger partial charge in [0.15, 0.2) is 0 Å². The number of aliphatic carboxylic acids is 2. The van der Waals surface area contributed by atoms with E-state index < -0.39 is 30.1 Å². The van der Waals surface area contributed by atoms with Crippen molar-refractivity contribution in [1.82, 2.24) is 0 Å². The number of hydrogen-bond donors (Lipinski definition) is 2. The van der Waals surface area contributed by atoms with Gasteiger partial charge in [0.05, 0.1) is 6.42 Å². The third-order valence-electron chi connectivity index (χ3n) is 1.64. The van der Waals surface area contributed by atoms with Crippen LogP contribution < -0.4 is 0 Å². The molecule has 0 aliphatic heterocycles. The number of carbonyl (C=O) groups is 3. The molecule has 5 nitrogen and oxygen atoms in total. The molecule has 1 atom stereocenters.